The minimum atomic E-state index is 0.913. The first-order valence-electron chi connectivity index (χ1n) is 7.63. The Balaban J connectivity index is 1.72. The maximum absolute atomic E-state index is 4.46. The SMILES string of the molecule is c1ccc(-c2ccc(-c3cccc4c3CCNC4)nn2)cc1. The lowest BCUT2D eigenvalue weighted by Crippen LogP contribution is -2.24. The van der Waals surface area contributed by atoms with Gasteiger partial charge >= 0.3 is 0 Å². The average Bonchev–Trinajstić information content (AvgIpc) is 2.62. The first-order valence-corrected chi connectivity index (χ1v) is 7.63. The zero-order valence-electron chi connectivity index (χ0n) is 12.3. The van der Waals surface area contributed by atoms with Crippen LogP contribution in [0.25, 0.3) is 22.5 Å². The molecular formula is C19H17N3. The molecular weight excluding hydrogens is 270 g/mol. The van der Waals surface area contributed by atoms with Crippen LogP contribution in [0.15, 0.2) is 60.7 Å². The standard InChI is InChI=1S/C19H17N3/c1-2-5-14(6-3-1)18-9-10-19(22-21-18)17-8-4-7-15-13-20-12-11-16(15)17/h1-10,20H,11-13H2. The molecule has 0 aliphatic carbocycles. The monoisotopic (exact) mass is 287 g/mol. The molecule has 3 nitrogen and oxygen atoms in total. The maximum Gasteiger partial charge on any atom is 0.0933 e. The van der Waals surface area contributed by atoms with E-state index in [-0.39, 0.29) is 0 Å². The van der Waals surface area contributed by atoms with Gasteiger partial charge in [0.05, 0.1) is 11.4 Å². The summed E-state index contributed by atoms with van der Waals surface area (Å²) in [6.07, 6.45) is 1.05. The van der Waals surface area contributed by atoms with Crippen LogP contribution in [0, 0.1) is 0 Å². The maximum atomic E-state index is 4.46. The van der Waals surface area contributed by atoms with Gasteiger partial charge < -0.3 is 5.32 Å². The lowest BCUT2D eigenvalue weighted by Gasteiger charge is -2.19. The summed E-state index contributed by atoms with van der Waals surface area (Å²) in [6, 6.07) is 20.7. The van der Waals surface area contributed by atoms with Gasteiger partial charge in [0.15, 0.2) is 0 Å². The number of aromatic nitrogens is 2. The van der Waals surface area contributed by atoms with Crippen molar-refractivity contribution in [3.63, 3.8) is 0 Å². The third-order valence-corrected chi connectivity index (χ3v) is 4.15. The summed E-state index contributed by atoms with van der Waals surface area (Å²) in [5, 5.41) is 12.3. The largest absolute Gasteiger partial charge is 0.312 e. The number of hydrogen-bond donors (Lipinski definition) is 1. The van der Waals surface area contributed by atoms with Gasteiger partial charge in [-0.1, -0.05) is 48.5 Å². The molecule has 2 heterocycles. The fourth-order valence-corrected chi connectivity index (χ4v) is 3.01. The highest BCUT2D eigenvalue weighted by atomic mass is 15.1. The van der Waals surface area contributed by atoms with Crippen molar-refractivity contribution in [2.45, 2.75) is 13.0 Å². The predicted molar refractivity (Wildman–Crippen MR) is 88.3 cm³/mol. The number of rotatable bonds is 2. The van der Waals surface area contributed by atoms with E-state index in [1.807, 2.05) is 18.2 Å². The Bertz CT molecular complexity index is 780. The van der Waals surface area contributed by atoms with E-state index in [4.69, 9.17) is 0 Å². The number of nitrogens with one attached hydrogen (secondary N) is 1. The second kappa shape index (κ2) is 5.70. The van der Waals surface area contributed by atoms with Crippen molar-refractivity contribution in [1.82, 2.24) is 15.5 Å². The summed E-state index contributed by atoms with van der Waals surface area (Å²) in [5.74, 6) is 0. The van der Waals surface area contributed by atoms with Crippen LogP contribution in [-0.4, -0.2) is 16.7 Å². The van der Waals surface area contributed by atoms with Gasteiger partial charge in [0.25, 0.3) is 0 Å². The van der Waals surface area contributed by atoms with Crippen molar-refractivity contribution in [3.8, 4) is 22.5 Å². The Kier molecular flexibility index (Phi) is 3.41. The summed E-state index contributed by atoms with van der Waals surface area (Å²) in [6.45, 7) is 1.97. The van der Waals surface area contributed by atoms with E-state index in [9.17, 15) is 0 Å². The van der Waals surface area contributed by atoms with Gasteiger partial charge in [-0.2, -0.15) is 0 Å². The Labute approximate surface area is 130 Å². The first-order chi connectivity index (χ1) is 10.9. The van der Waals surface area contributed by atoms with E-state index in [2.05, 4.69) is 58.0 Å². The highest BCUT2D eigenvalue weighted by Crippen LogP contribution is 2.27. The van der Waals surface area contributed by atoms with Gasteiger partial charge in [-0.3, -0.25) is 0 Å². The molecule has 1 N–H and O–H groups in total. The zero-order valence-corrected chi connectivity index (χ0v) is 12.3. The molecule has 1 aliphatic rings. The van der Waals surface area contributed by atoms with Gasteiger partial charge in [0.2, 0.25) is 0 Å². The van der Waals surface area contributed by atoms with Crippen LogP contribution in [0.2, 0.25) is 0 Å². The quantitative estimate of drug-likeness (QED) is 0.784. The molecule has 0 fully saturated rings. The van der Waals surface area contributed by atoms with Crippen LogP contribution in [-0.2, 0) is 13.0 Å². The first kappa shape index (κ1) is 13.2. The van der Waals surface area contributed by atoms with Gasteiger partial charge in [-0.25, -0.2) is 0 Å². The van der Waals surface area contributed by atoms with Crippen LogP contribution in [0.5, 0.6) is 0 Å². The summed E-state index contributed by atoms with van der Waals surface area (Å²) >= 11 is 0. The van der Waals surface area contributed by atoms with Gasteiger partial charge in [-0.15, -0.1) is 10.2 Å². The minimum Gasteiger partial charge on any atom is -0.312 e. The molecule has 2 aromatic carbocycles. The van der Waals surface area contributed by atoms with Crippen molar-refractivity contribution in [3.05, 3.63) is 71.8 Å². The smallest absolute Gasteiger partial charge is 0.0933 e. The summed E-state index contributed by atoms with van der Waals surface area (Å²) in [5.41, 5.74) is 6.96. The second-order valence-corrected chi connectivity index (χ2v) is 5.54. The third kappa shape index (κ3) is 2.40. The molecule has 1 aliphatic heterocycles. The number of benzene rings is 2. The van der Waals surface area contributed by atoms with Crippen molar-refractivity contribution < 1.29 is 0 Å². The summed E-state index contributed by atoms with van der Waals surface area (Å²) in [4.78, 5) is 0. The van der Waals surface area contributed by atoms with Crippen molar-refractivity contribution in [1.29, 1.82) is 0 Å². The second-order valence-electron chi connectivity index (χ2n) is 5.54. The van der Waals surface area contributed by atoms with Crippen molar-refractivity contribution in [2.75, 3.05) is 6.54 Å². The highest BCUT2D eigenvalue weighted by Gasteiger charge is 2.14. The van der Waals surface area contributed by atoms with Gasteiger partial charge in [-0.05, 0) is 36.2 Å². The number of hydrogen-bond acceptors (Lipinski definition) is 3. The van der Waals surface area contributed by atoms with Crippen LogP contribution < -0.4 is 5.32 Å². The molecule has 3 aromatic rings. The van der Waals surface area contributed by atoms with Gasteiger partial charge in [0.1, 0.15) is 0 Å². The van der Waals surface area contributed by atoms with E-state index in [0.29, 0.717) is 0 Å². The van der Waals surface area contributed by atoms with Crippen LogP contribution in [0.1, 0.15) is 11.1 Å². The predicted octanol–water partition coefficient (Wildman–Crippen LogP) is 3.46. The molecule has 4 rings (SSSR count). The Morgan fingerprint density at radius 1 is 0.773 bits per heavy atom. The van der Waals surface area contributed by atoms with E-state index < -0.39 is 0 Å². The molecule has 0 saturated carbocycles. The Morgan fingerprint density at radius 2 is 1.59 bits per heavy atom. The summed E-state index contributed by atoms with van der Waals surface area (Å²) in [7, 11) is 0. The average molecular weight is 287 g/mol. The molecule has 1 aromatic heterocycles. The molecule has 22 heavy (non-hydrogen) atoms. The van der Waals surface area contributed by atoms with Crippen molar-refractivity contribution >= 4 is 0 Å². The van der Waals surface area contributed by atoms with E-state index in [0.717, 1.165) is 36.5 Å². The lowest BCUT2D eigenvalue weighted by atomic mass is 9.93. The molecule has 108 valence electrons. The molecule has 0 amide bonds. The normalized spacial score (nSPS) is 13.6. The Morgan fingerprint density at radius 3 is 2.41 bits per heavy atom. The zero-order chi connectivity index (χ0) is 14.8. The van der Waals surface area contributed by atoms with E-state index in [1.54, 1.807) is 0 Å². The fraction of sp³-hybridized carbons (Fsp3) is 0.158. The van der Waals surface area contributed by atoms with Crippen LogP contribution in [0.3, 0.4) is 0 Å². The van der Waals surface area contributed by atoms with Gasteiger partial charge in [0, 0.05) is 17.7 Å². The molecule has 0 atom stereocenters. The number of fused-ring (bicyclic) bond motifs is 1. The fourth-order valence-electron chi connectivity index (χ4n) is 3.01. The van der Waals surface area contributed by atoms with Crippen LogP contribution >= 0.6 is 0 Å². The molecule has 0 spiro atoms. The highest BCUT2D eigenvalue weighted by molar-refractivity contribution is 5.67. The third-order valence-electron chi connectivity index (χ3n) is 4.15. The van der Waals surface area contributed by atoms with E-state index in [1.165, 1.54) is 16.7 Å². The minimum absolute atomic E-state index is 0.913. The molecule has 0 saturated heterocycles. The van der Waals surface area contributed by atoms with Crippen LogP contribution in [0.4, 0.5) is 0 Å². The Hall–Kier alpha value is -2.52. The number of nitrogens with zero attached hydrogens (tertiary/aromatic N) is 2. The summed E-state index contributed by atoms with van der Waals surface area (Å²) < 4.78 is 0. The lowest BCUT2D eigenvalue weighted by molar-refractivity contribution is 0.644. The molecule has 3 heteroatoms. The molecule has 0 radical (unpaired) electrons. The molecule has 0 unspecified atom stereocenters. The topological polar surface area (TPSA) is 37.8 Å². The van der Waals surface area contributed by atoms with Crippen molar-refractivity contribution in [2.24, 2.45) is 0 Å². The molecule has 0 bridgehead atoms. The van der Waals surface area contributed by atoms with E-state index >= 15 is 0 Å².